The van der Waals surface area contributed by atoms with Gasteiger partial charge in [0, 0.05) is 30.0 Å². The van der Waals surface area contributed by atoms with Gasteiger partial charge in [-0.3, -0.25) is 0 Å². The van der Waals surface area contributed by atoms with Crippen molar-refractivity contribution in [2.24, 2.45) is 0 Å². The van der Waals surface area contributed by atoms with Gasteiger partial charge in [-0.05, 0) is 44.5 Å². The third-order valence-corrected chi connectivity index (χ3v) is 4.96. The molecule has 0 unspecified atom stereocenters. The van der Waals surface area contributed by atoms with Crippen LogP contribution in [0.1, 0.15) is 31.3 Å². The standard InChI is InChI=1S/C21H22ClN5/c1-14(2)27-13-25-21-18(10-17(22)11-20(21)27)24-12-16-6-4-5-7-19(16)26-9-8-23-15(26)3/h4-11,13-14,24H,12H2,1-3H3. The lowest BCUT2D eigenvalue weighted by molar-refractivity contribution is 0.617. The zero-order valence-electron chi connectivity index (χ0n) is 15.6. The Hall–Kier alpha value is -2.79. The number of fused-ring (bicyclic) bond motifs is 1. The molecule has 0 radical (unpaired) electrons. The molecule has 0 atom stereocenters. The highest BCUT2D eigenvalue weighted by Crippen LogP contribution is 2.29. The number of hydrogen-bond donors (Lipinski definition) is 1. The average Bonchev–Trinajstić information content (AvgIpc) is 3.26. The molecule has 4 aromatic rings. The van der Waals surface area contributed by atoms with Crippen molar-refractivity contribution in [3.63, 3.8) is 0 Å². The second-order valence-corrected chi connectivity index (χ2v) is 7.33. The second-order valence-electron chi connectivity index (χ2n) is 6.89. The molecule has 0 bridgehead atoms. The Morgan fingerprint density at radius 3 is 2.70 bits per heavy atom. The normalized spacial score (nSPS) is 11.4. The van der Waals surface area contributed by atoms with E-state index in [-0.39, 0.29) is 0 Å². The molecule has 0 aliphatic carbocycles. The summed E-state index contributed by atoms with van der Waals surface area (Å²) in [6.45, 7) is 6.94. The highest BCUT2D eigenvalue weighted by molar-refractivity contribution is 6.31. The predicted molar refractivity (Wildman–Crippen MR) is 111 cm³/mol. The summed E-state index contributed by atoms with van der Waals surface area (Å²) in [6, 6.07) is 12.5. The Morgan fingerprint density at radius 2 is 1.96 bits per heavy atom. The first kappa shape index (κ1) is 17.6. The summed E-state index contributed by atoms with van der Waals surface area (Å²) >= 11 is 6.38. The summed E-state index contributed by atoms with van der Waals surface area (Å²) in [5, 5.41) is 4.22. The number of nitrogens with zero attached hydrogens (tertiary/aromatic N) is 4. The number of benzene rings is 2. The van der Waals surface area contributed by atoms with E-state index in [1.165, 1.54) is 5.56 Å². The van der Waals surface area contributed by atoms with Gasteiger partial charge < -0.3 is 14.5 Å². The number of anilines is 1. The number of hydrogen-bond acceptors (Lipinski definition) is 3. The van der Waals surface area contributed by atoms with Crippen LogP contribution < -0.4 is 5.32 Å². The fraction of sp³-hybridized carbons (Fsp3) is 0.238. The zero-order chi connectivity index (χ0) is 19.0. The van der Waals surface area contributed by atoms with Gasteiger partial charge in [0.25, 0.3) is 0 Å². The molecule has 1 N–H and O–H groups in total. The third kappa shape index (κ3) is 3.30. The van der Waals surface area contributed by atoms with Gasteiger partial charge >= 0.3 is 0 Å². The number of rotatable bonds is 5. The fourth-order valence-electron chi connectivity index (χ4n) is 3.36. The third-order valence-electron chi connectivity index (χ3n) is 4.75. The number of aryl methyl sites for hydroxylation is 1. The van der Waals surface area contributed by atoms with Crippen LogP contribution in [0.25, 0.3) is 16.7 Å². The van der Waals surface area contributed by atoms with Crippen molar-refractivity contribution in [1.82, 2.24) is 19.1 Å². The molecule has 4 rings (SSSR count). The predicted octanol–water partition coefficient (Wildman–Crippen LogP) is 5.38. The van der Waals surface area contributed by atoms with Gasteiger partial charge in [0.2, 0.25) is 0 Å². The highest BCUT2D eigenvalue weighted by atomic mass is 35.5. The fourth-order valence-corrected chi connectivity index (χ4v) is 3.58. The molecule has 2 aromatic carbocycles. The lowest BCUT2D eigenvalue weighted by Gasteiger charge is -2.14. The topological polar surface area (TPSA) is 47.7 Å². The number of para-hydroxylation sites is 1. The first-order valence-electron chi connectivity index (χ1n) is 9.03. The zero-order valence-corrected chi connectivity index (χ0v) is 16.4. The van der Waals surface area contributed by atoms with Gasteiger partial charge in [-0.2, -0.15) is 0 Å². The molecule has 138 valence electrons. The Labute approximate surface area is 163 Å². The quantitative estimate of drug-likeness (QED) is 0.506. The van der Waals surface area contributed by atoms with Gasteiger partial charge in [0.15, 0.2) is 0 Å². The van der Waals surface area contributed by atoms with E-state index in [0.717, 1.165) is 28.2 Å². The molecule has 0 aliphatic rings. The summed E-state index contributed by atoms with van der Waals surface area (Å²) in [5.41, 5.74) is 5.21. The van der Waals surface area contributed by atoms with Gasteiger partial charge in [-0.15, -0.1) is 0 Å². The van der Waals surface area contributed by atoms with Crippen LogP contribution in [0.15, 0.2) is 55.1 Å². The number of aromatic nitrogens is 4. The lowest BCUT2D eigenvalue weighted by Crippen LogP contribution is -2.06. The summed E-state index contributed by atoms with van der Waals surface area (Å²) < 4.78 is 4.23. The van der Waals surface area contributed by atoms with E-state index in [1.54, 1.807) is 0 Å². The number of imidazole rings is 2. The van der Waals surface area contributed by atoms with Gasteiger partial charge in [0.05, 0.1) is 23.2 Å². The summed E-state index contributed by atoms with van der Waals surface area (Å²) in [5.74, 6) is 0.961. The van der Waals surface area contributed by atoms with Gasteiger partial charge in [-0.25, -0.2) is 9.97 Å². The first-order valence-corrected chi connectivity index (χ1v) is 9.40. The second kappa shape index (κ2) is 7.08. The van der Waals surface area contributed by atoms with E-state index in [9.17, 15) is 0 Å². The molecule has 0 spiro atoms. The molecular formula is C21H22ClN5. The van der Waals surface area contributed by atoms with Crippen LogP contribution in [0, 0.1) is 6.92 Å². The van der Waals surface area contributed by atoms with E-state index in [2.05, 4.69) is 50.4 Å². The average molecular weight is 380 g/mol. The Balaban J connectivity index is 1.68. The molecule has 2 aromatic heterocycles. The number of nitrogens with one attached hydrogen (secondary N) is 1. The van der Waals surface area contributed by atoms with E-state index >= 15 is 0 Å². The smallest absolute Gasteiger partial charge is 0.112 e. The van der Waals surface area contributed by atoms with Crippen molar-refractivity contribution in [3.8, 4) is 5.69 Å². The number of halogens is 1. The van der Waals surface area contributed by atoms with Crippen molar-refractivity contribution in [2.75, 3.05) is 5.32 Å². The first-order chi connectivity index (χ1) is 13.0. The Morgan fingerprint density at radius 1 is 1.15 bits per heavy atom. The molecule has 0 fully saturated rings. The molecule has 0 amide bonds. The Kier molecular flexibility index (Phi) is 4.62. The minimum Gasteiger partial charge on any atom is -0.379 e. The molecule has 5 nitrogen and oxygen atoms in total. The van der Waals surface area contributed by atoms with Crippen LogP contribution >= 0.6 is 11.6 Å². The summed E-state index contributed by atoms with van der Waals surface area (Å²) in [7, 11) is 0. The maximum absolute atomic E-state index is 6.38. The van der Waals surface area contributed by atoms with Crippen LogP contribution in [0.4, 0.5) is 5.69 Å². The van der Waals surface area contributed by atoms with Gasteiger partial charge in [0.1, 0.15) is 11.3 Å². The van der Waals surface area contributed by atoms with E-state index in [0.29, 0.717) is 17.6 Å². The van der Waals surface area contributed by atoms with Crippen LogP contribution in [0.3, 0.4) is 0 Å². The molecule has 27 heavy (non-hydrogen) atoms. The van der Waals surface area contributed by atoms with Crippen LogP contribution in [0.5, 0.6) is 0 Å². The van der Waals surface area contributed by atoms with Crippen molar-refractivity contribution in [3.05, 3.63) is 71.5 Å². The summed E-state index contributed by atoms with van der Waals surface area (Å²) in [6.07, 6.45) is 5.67. The van der Waals surface area contributed by atoms with Crippen LogP contribution in [-0.2, 0) is 6.54 Å². The molecule has 6 heteroatoms. The van der Waals surface area contributed by atoms with Crippen molar-refractivity contribution < 1.29 is 0 Å². The molecular weight excluding hydrogens is 358 g/mol. The minimum atomic E-state index is 0.325. The van der Waals surface area contributed by atoms with Crippen LogP contribution in [-0.4, -0.2) is 19.1 Å². The lowest BCUT2D eigenvalue weighted by atomic mass is 10.1. The molecule has 2 heterocycles. The van der Waals surface area contributed by atoms with Crippen molar-refractivity contribution in [1.29, 1.82) is 0 Å². The SMILES string of the molecule is Cc1nccn1-c1ccccc1CNc1cc(Cl)cc2c1ncn2C(C)C. The van der Waals surface area contributed by atoms with E-state index < -0.39 is 0 Å². The van der Waals surface area contributed by atoms with Gasteiger partial charge in [-0.1, -0.05) is 29.8 Å². The summed E-state index contributed by atoms with van der Waals surface area (Å²) in [4.78, 5) is 8.94. The largest absolute Gasteiger partial charge is 0.379 e. The molecule has 0 aliphatic heterocycles. The highest BCUT2D eigenvalue weighted by Gasteiger charge is 2.12. The monoisotopic (exact) mass is 379 g/mol. The van der Waals surface area contributed by atoms with Crippen molar-refractivity contribution >= 4 is 28.3 Å². The maximum Gasteiger partial charge on any atom is 0.112 e. The van der Waals surface area contributed by atoms with Crippen molar-refractivity contribution in [2.45, 2.75) is 33.4 Å². The maximum atomic E-state index is 6.38. The molecule has 0 saturated carbocycles. The van der Waals surface area contributed by atoms with E-state index in [1.807, 2.05) is 49.9 Å². The Bertz CT molecular complexity index is 1090. The van der Waals surface area contributed by atoms with E-state index in [4.69, 9.17) is 11.6 Å². The van der Waals surface area contributed by atoms with Crippen LogP contribution in [0.2, 0.25) is 5.02 Å². The molecule has 0 saturated heterocycles. The minimum absolute atomic E-state index is 0.325.